The van der Waals surface area contributed by atoms with Crippen LogP contribution < -0.4 is 0 Å². The van der Waals surface area contributed by atoms with Gasteiger partial charge in [-0.05, 0) is 43.7 Å². The van der Waals surface area contributed by atoms with Gasteiger partial charge in [-0.2, -0.15) is 5.10 Å². The number of hydrogen-bond acceptors (Lipinski definition) is 3. The number of aliphatic hydroxyl groups excluding tert-OH is 1. The Hall–Kier alpha value is -2.21. The molecule has 0 radical (unpaired) electrons. The quantitative estimate of drug-likeness (QED) is 0.903. The second-order valence-electron chi connectivity index (χ2n) is 5.79. The van der Waals surface area contributed by atoms with Gasteiger partial charge in [-0.3, -0.25) is 9.89 Å². The van der Waals surface area contributed by atoms with E-state index in [2.05, 4.69) is 10.2 Å². The van der Waals surface area contributed by atoms with Crippen LogP contribution in [0.5, 0.6) is 0 Å². The number of rotatable bonds is 3. The maximum Gasteiger partial charge on any atom is 0.253 e. The molecule has 0 saturated carbocycles. The fourth-order valence-electron chi connectivity index (χ4n) is 2.84. The van der Waals surface area contributed by atoms with E-state index in [-0.39, 0.29) is 17.6 Å². The Morgan fingerprint density at radius 1 is 1.41 bits per heavy atom. The highest BCUT2D eigenvalue weighted by Crippen LogP contribution is 2.23. The first-order chi connectivity index (χ1) is 10.5. The fourth-order valence-corrected chi connectivity index (χ4v) is 2.84. The van der Waals surface area contributed by atoms with Crippen molar-refractivity contribution < 1.29 is 14.3 Å². The number of likely N-dealkylation sites (tertiary alicyclic amines) is 1. The molecule has 1 aromatic heterocycles. The van der Waals surface area contributed by atoms with Crippen LogP contribution in [0.15, 0.2) is 30.3 Å². The predicted octanol–water partition coefficient (Wildman–Crippen LogP) is 1.53. The Morgan fingerprint density at radius 3 is 2.77 bits per heavy atom. The molecule has 2 aromatic rings. The van der Waals surface area contributed by atoms with Crippen molar-refractivity contribution in [1.82, 2.24) is 15.1 Å². The number of aryl methyl sites for hydroxylation is 1. The molecular weight excluding hydrogens is 285 g/mol. The summed E-state index contributed by atoms with van der Waals surface area (Å²) in [6.45, 7) is 2.69. The second-order valence-corrected chi connectivity index (χ2v) is 5.79. The average Bonchev–Trinajstić information content (AvgIpc) is 3.06. The minimum atomic E-state index is -0.568. The summed E-state index contributed by atoms with van der Waals surface area (Å²) in [5.41, 5.74) is 2.30. The number of aromatic amines is 1. The monoisotopic (exact) mass is 303 g/mol. The molecular formula is C16H18FN3O2. The lowest BCUT2D eigenvalue weighted by Crippen LogP contribution is -2.29. The van der Waals surface area contributed by atoms with Crippen LogP contribution in [0, 0.1) is 18.7 Å². The third-order valence-electron chi connectivity index (χ3n) is 4.02. The van der Waals surface area contributed by atoms with E-state index in [0.717, 1.165) is 11.4 Å². The maximum absolute atomic E-state index is 12.9. The van der Waals surface area contributed by atoms with Gasteiger partial charge in [-0.25, -0.2) is 4.39 Å². The first kappa shape index (κ1) is 14.7. The number of carbonyl (C=O) groups is 1. The summed E-state index contributed by atoms with van der Waals surface area (Å²) in [6.07, 6.45) is 0.0556. The largest absolute Gasteiger partial charge is 0.391 e. The predicted molar refractivity (Wildman–Crippen MR) is 78.8 cm³/mol. The van der Waals surface area contributed by atoms with Crippen LogP contribution in [0.4, 0.5) is 4.39 Å². The van der Waals surface area contributed by atoms with Gasteiger partial charge in [0.2, 0.25) is 0 Å². The summed E-state index contributed by atoms with van der Waals surface area (Å²) in [5, 5.41) is 17.2. The van der Waals surface area contributed by atoms with E-state index in [9.17, 15) is 14.3 Å². The molecule has 2 atom stereocenters. The lowest BCUT2D eigenvalue weighted by Gasteiger charge is -2.16. The van der Waals surface area contributed by atoms with Gasteiger partial charge >= 0.3 is 0 Å². The van der Waals surface area contributed by atoms with Crippen molar-refractivity contribution in [3.63, 3.8) is 0 Å². The number of nitrogens with zero attached hydrogens (tertiary/aromatic N) is 2. The molecule has 116 valence electrons. The van der Waals surface area contributed by atoms with Crippen LogP contribution in [-0.4, -0.2) is 45.3 Å². The highest BCUT2D eigenvalue weighted by atomic mass is 19.1. The lowest BCUT2D eigenvalue weighted by molar-refractivity contribution is 0.0764. The summed E-state index contributed by atoms with van der Waals surface area (Å²) < 4.78 is 12.9. The smallest absolute Gasteiger partial charge is 0.253 e. The molecule has 1 aromatic carbocycles. The normalized spacial score (nSPS) is 21.3. The third-order valence-corrected chi connectivity index (χ3v) is 4.02. The van der Waals surface area contributed by atoms with Crippen LogP contribution in [0.3, 0.4) is 0 Å². The summed E-state index contributed by atoms with van der Waals surface area (Å²) >= 11 is 0. The Labute approximate surface area is 127 Å². The first-order valence-corrected chi connectivity index (χ1v) is 7.26. The van der Waals surface area contributed by atoms with E-state index in [1.54, 1.807) is 4.90 Å². The van der Waals surface area contributed by atoms with E-state index < -0.39 is 6.10 Å². The minimum absolute atomic E-state index is 0.0351. The van der Waals surface area contributed by atoms with Crippen LogP contribution in [0.2, 0.25) is 0 Å². The number of carbonyl (C=O) groups excluding carboxylic acids is 1. The fraction of sp³-hybridized carbons (Fsp3) is 0.375. The summed E-state index contributed by atoms with van der Waals surface area (Å²) in [5.74, 6) is -0.586. The molecule has 0 aliphatic carbocycles. The number of benzene rings is 1. The standard InChI is InChI=1S/C16H18FN3O2/c1-10-6-14(19-18-10)7-12-8-20(9-15(12)21)16(22)11-2-4-13(17)5-3-11/h2-6,12,15,21H,7-9H2,1H3,(H,18,19)/t12-,15-/m1/s1. The van der Waals surface area contributed by atoms with Crippen LogP contribution >= 0.6 is 0 Å². The highest BCUT2D eigenvalue weighted by molar-refractivity contribution is 5.94. The molecule has 1 fully saturated rings. The average molecular weight is 303 g/mol. The number of amides is 1. The molecule has 0 spiro atoms. The number of hydrogen-bond donors (Lipinski definition) is 2. The van der Waals surface area contributed by atoms with Gasteiger partial charge in [-0.15, -0.1) is 0 Å². The summed E-state index contributed by atoms with van der Waals surface area (Å²) in [7, 11) is 0. The van der Waals surface area contributed by atoms with Crippen molar-refractivity contribution in [3.8, 4) is 0 Å². The van der Waals surface area contributed by atoms with Gasteiger partial charge < -0.3 is 10.0 Å². The van der Waals surface area contributed by atoms with Crippen molar-refractivity contribution in [2.45, 2.75) is 19.4 Å². The molecule has 0 bridgehead atoms. The molecule has 22 heavy (non-hydrogen) atoms. The summed E-state index contributed by atoms with van der Waals surface area (Å²) in [6, 6.07) is 7.41. The molecule has 1 amide bonds. The van der Waals surface area contributed by atoms with Crippen molar-refractivity contribution in [1.29, 1.82) is 0 Å². The number of aliphatic hydroxyl groups is 1. The van der Waals surface area contributed by atoms with Crippen molar-refractivity contribution in [3.05, 3.63) is 53.1 Å². The molecule has 5 nitrogen and oxygen atoms in total. The van der Waals surface area contributed by atoms with E-state index in [1.807, 2.05) is 13.0 Å². The van der Waals surface area contributed by atoms with Crippen molar-refractivity contribution in [2.75, 3.05) is 13.1 Å². The Morgan fingerprint density at radius 2 is 2.14 bits per heavy atom. The van der Waals surface area contributed by atoms with Gasteiger partial charge in [0, 0.05) is 30.3 Å². The van der Waals surface area contributed by atoms with E-state index in [4.69, 9.17) is 0 Å². The molecule has 1 saturated heterocycles. The number of aromatic nitrogens is 2. The van der Waals surface area contributed by atoms with Crippen LogP contribution in [0.1, 0.15) is 21.7 Å². The van der Waals surface area contributed by atoms with Gasteiger partial charge in [0.1, 0.15) is 5.82 Å². The van der Waals surface area contributed by atoms with E-state index in [0.29, 0.717) is 25.1 Å². The molecule has 1 aliphatic heterocycles. The molecule has 2 N–H and O–H groups in total. The molecule has 6 heteroatoms. The lowest BCUT2D eigenvalue weighted by atomic mass is 10.0. The molecule has 2 heterocycles. The van der Waals surface area contributed by atoms with Crippen molar-refractivity contribution in [2.24, 2.45) is 5.92 Å². The second kappa shape index (κ2) is 5.88. The van der Waals surface area contributed by atoms with Gasteiger partial charge in [-0.1, -0.05) is 0 Å². The molecule has 1 aliphatic rings. The SMILES string of the molecule is Cc1cc(C[C@@H]2CN(C(=O)c3ccc(F)cc3)C[C@H]2O)n[nH]1. The van der Waals surface area contributed by atoms with Crippen LogP contribution in [-0.2, 0) is 6.42 Å². The third kappa shape index (κ3) is 3.01. The maximum atomic E-state index is 12.9. The first-order valence-electron chi connectivity index (χ1n) is 7.26. The van der Waals surface area contributed by atoms with Gasteiger partial charge in [0.05, 0.1) is 11.8 Å². The zero-order valence-electron chi connectivity index (χ0n) is 12.3. The number of H-pyrrole nitrogens is 1. The Balaban J connectivity index is 1.67. The van der Waals surface area contributed by atoms with Crippen molar-refractivity contribution >= 4 is 5.91 Å². The molecule has 3 rings (SSSR count). The van der Waals surface area contributed by atoms with Gasteiger partial charge in [0.15, 0.2) is 0 Å². The number of β-amino-alcohol motifs (C(OH)–C–C–N with tert-alkyl or cyclic N) is 1. The highest BCUT2D eigenvalue weighted by Gasteiger charge is 2.34. The van der Waals surface area contributed by atoms with Gasteiger partial charge in [0.25, 0.3) is 5.91 Å². The Bertz CT molecular complexity index is 668. The zero-order chi connectivity index (χ0) is 15.7. The summed E-state index contributed by atoms with van der Waals surface area (Å²) in [4.78, 5) is 14.0. The number of halogens is 1. The zero-order valence-corrected chi connectivity index (χ0v) is 12.3. The van der Waals surface area contributed by atoms with E-state index >= 15 is 0 Å². The number of nitrogens with one attached hydrogen (secondary N) is 1. The Kier molecular flexibility index (Phi) is 3.94. The molecule has 0 unspecified atom stereocenters. The topological polar surface area (TPSA) is 69.2 Å². The van der Waals surface area contributed by atoms with Crippen LogP contribution in [0.25, 0.3) is 0 Å². The minimum Gasteiger partial charge on any atom is -0.391 e. The van der Waals surface area contributed by atoms with E-state index in [1.165, 1.54) is 24.3 Å².